The van der Waals surface area contributed by atoms with Crippen molar-refractivity contribution < 1.29 is 4.70 Å². The van der Waals surface area contributed by atoms with E-state index in [4.69, 9.17) is 0 Å². The van der Waals surface area contributed by atoms with Gasteiger partial charge in [0.2, 0.25) is 0 Å². The van der Waals surface area contributed by atoms with Gasteiger partial charge in [-0.3, -0.25) is 4.70 Å². The molecule has 0 aliphatic rings. The van der Waals surface area contributed by atoms with Crippen LogP contribution in [0, 0.1) is 0 Å². The van der Waals surface area contributed by atoms with E-state index in [2.05, 4.69) is 20.8 Å². The molecule has 0 rings (SSSR count). The zero-order valence-electron chi connectivity index (χ0n) is 18.7. The summed E-state index contributed by atoms with van der Waals surface area (Å²) in [5.74, 6) is 0. The molecule has 0 unspecified atom stereocenters. The molecule has 3 heteroatoms. The first-order valence-corrected chi connectivity index (χ1v) is 14.0. The molecule has 0 bridgehead atoms. The van der Waals surface area contributed by atoms with Crippen LogP contribution in [0.25, 0.3) is 0 Å². The summed E-state index contributed by atoms with van der Waals surface area (Å²) in [5.41, 5.74) is 0. The van der Waals surface area contributed by atoms with Crippen molar-refractivity contribution in [2.75, 3.05) is 18.5 Å². The fourth-order valence-electron chi connectivity index (χ4n) is 3.68. The molecule has 27 heavy (non-hydrogen) atoms. The van der Waals surface area contributed by atoms with Crippen molar-refractivity contribution in [3.05, 3.63) is 0 Å². The van der Waals surface area contributed by atoms with Gasteiger partial charge in [-0.2, -0.15) is 0 Å². The molecular formula is C24H56FPSn. The second-order valence-corrected chi connectivity index (χ2v) is 10.8. The van der Waals surface area contributed by atoms with Crippen molar-refractivity contribution in [3.63, 3.8) is 0 Å². The third-order valence-electron chi connectivity index (χ3n) is 5.48. The van der Waals surface area contributed by atoms with Crippen molar-refractivity contribution in [3.8, 4) is 0 Å². The Morgan fingerprint density at radius 3 is 0.852 bits per heavy atom. The van der Waals surface area contributed by atoms with Gasteiger partial charge in [-0.05, 0) is 37.7 Å². The summed E-state index contributed by atoms with van der Waals surface area (Å²) in [5, 5.41) is 0. The van der Waals surface area contributed by atoms with E-state index in [1.807, 2.05) is 0 Å². The first kappa shape index (κ1) is 32.8. The van der Waals surface area contributed by atoms with Crippen LogP contribution >= 0.6 is 7.92 Å². The molecule has 0 heterocycles. The molecule has 0 spiro atoms. The molecule has 0 N–H and O–H groups in total. The molecule has 0 aromatic rings. The molecule has 0 radical (unpaired) electrons. The van der Waals surface area contributed by atoms with Gasteiger partial charge in [0.15, 0.2) is 0 Å². The third kappa shape index (κ3) is 27.2. The van der Waals surface area contributed by atoms with Crippen LogP contribution in [0.2, 0.25) is 0 Å². The average molecular weight is 513 g/mol. The van der Waals surface area contributed by atoms with E-state index < -0.39 is 0 Å². The van der Waals surface area contributed by atoms with E-state index in [1.165, 1.54) is 116 Å². The van der Waals surface area contributed by atoms with Gasteiger partial charge in [-0.15, -0.1) is 7.92 Å². The molecule has 0 fully saturated rings. The van der Waals surface area contributed by atoms with E-state index in [0.717, 1.165) is 0 Å². The zero-order chi connectivity index (χ0) is 18.4. The summed E-state index contributed by atoms with van der Waals surface area (Å²) >= 11 is 0. The van der Waals surface area contributed by atoms with Crippen LogP contribution in [0.5, 0.6) is 0 Å². The summed E-state index contributed by atoms with van der Waals surface area (Å²) in [6, 6.07) is 0. The van der Waals surface area contributed by atoms with Gasteiger partial charge in [-0.1, -0.05) is 117 Å². The summed E-state index contributed by atoms with van der Waals surface area (Å²) in [4.78, 5) is 0. The Kier molecular flexibility index (Phi) is 35.7. The maximum atomic E-state index is 2.32. The first-order valence-electron chi connectivity index (χ1n) is 12.1. The summed E-state index contributed by atoms with van der Waals surface area (Å²) in [6.07, 6.45) is 31.2. The van der Waals surface area contributed by atoms with E-state index in [9.17, 15) is 0 Å². The van der Waals surface area contributed by atoms with Gasteiger partial charge in [0.05, 0.1) is 0 Å². The van der Waals surface area contributed by atoms with Crippen LogP contribution in [-0.2, 0) is 0 Å². The second-order valence-electron chi connectivity index (χ2n) is 8.14. The van der Waals surface area contributed by atoms with Gasteiger partial charge >= 0.3 is 23.9 Å². The number of halogens is 1. The molecule has 0 saturated heterocycles. The molecule has 0 aliphatic carbocycles. The monoisotopic (exact) mass is 514 g/mol. The maximum absolute atomic E-state index is 2.32. The fraction of sp³-hybridized carbons (Fsp3) is 1.00. The van der Waals surface area contributed by atoms with Crippen molar-refractivity contribution in [2.24, 2.45) is 0 Å². The van der Waals surface area contributed by atoms with E-state index in [-0.39, 0.29) is 28.6 Å². The first-order chi connectivity index (χ1) is 12.3. The Morgan fingerprint density at radius 2 is 0.593 bits per heavy atom. The van der Waals surface area contributed by atoms with Crippen molar-refractivity contribution in [1.29, 1.82) is 0 Å². The molecule has 0 aromatic carbocycles. The number of rotatable bonds is 21. The normalized spacial score (nSPS) is 10.7. The van der Waals surface area contributed by atoms with E-state index in [0.29, 0.717) is 7.92 Å². The molecule has 168 valence electrons. The van der Waals surface area contributed by atoms with E-state index in [1.54, 1.807) is 18.5 Å². The minimum absolute atomic E-state index is 0. The molecule has 0 aromatic heterocycles. The number of unbranched alkanes of at least 4 members (excludes halogenated alkanes) is 15. The number of hydrogen-bond donors (Lipinski definition) is 0. The van der Waals surface area contributed by atoms with Crippen LogP contribution in [0.15, 0.2) is 0 Å². The molecule has 0 saturated carbocycles. The topological polar surface area (TPSA) is 0 Å². The van der Waals surface area contributed by atoms with Gasteiger partial charge in [0, 0.05) is 0 Å². The Labute approximate surface area is 190 Å². The minimum atomic E-state index is 0. The molecular weight excluding hydrogens is 457 g/mol. The van der Waals surface area contributed by atoms with Crippen molar-refractivity contribution >= 4 is 31.8 Å². The molecule has 0 amide bonds. The SMILES string of the molecule is CCCCCCCCP(CCCCCCCC)CCCCCCCC.F.[SnH4]. The Morgan fingerprint density at radius 1 is 0.370 bits per heavy atom. The van der Waals surface area contributed by atoms with Crippen LogP contribution < -0.4 is 0 Å². The van der Waals surface area contributed by atoms with Crippen LogP contribution in [0.3, 0.4) is 0 Å². The standard InChI is InChI=1S/C24H51P.FH.Sn.4H/c1-4-7-10-13-16-19-22-25(23-20-17-14-11-8-5-2)24-21-18-15-12-9-6-3;;;;;;/h4-24H2,1-3H3;1H;;;;;. The summed E-state index contributed by atoms with van der Waals surface area (Å²) < 4.78 is 0. The Hall–Kier alpha value is 1.16. The van der Waals surface area contributed by atoms with Crippen molar-refractivity contribution in [1.82, 2.24) is 0 Å². The van der Waals surface area contributed by atoms with Crippen LogP contribution in [0.1, 0.15) is 136 Å². The molecule has 0 nitrogen and oxygen atoms in total. The average Bonchev–Trinajstić information content (AvgIpc) is 2.63. The van der Waals surface area contributed by atoms with Gasteiger partial charge in [0.25, 0.3) is 0 Å². The van der Waals surface area contributed by atoms with Gasteiger partial charge in [-0.25, -0.2) is 0 Å². The number of hydrogen-bond acceptors (Lipinski definition) is 0. The molecule has 0 atom stereocenters. The fourth-order valence-corrected chi connectivity index (χ4v) is 6.37. The van der Waals surface area contributed by atoms with Gasteiger partial charge in [0.1, 0.15) is 0 Å². The quantitative estimate of drug-likeness (QED) is 0.0824. The predicted molar refractivity (Wildman–Crippen MR) is 135 cm³/mol. The Bertz CT molecular complexity index is 200. The second kappa shape index (κ2) is 29.4. The van der Waals surface area contributed by atoms with E-state index >= 15 is 0 Å². The van der Waals surface area contributed by atoms with Crippen LogP contribution in [-0.4, -0.2) is 42.4 Å². The van der Waals surface area contributed by atoms with Crippen molar-refractivity contribution in [2.45, 2.75) is 136 Å². The van der Waals surface area contributed by atoms with Gasteiger partial charge < -0.3 is 0 Å². The van der Waals surface area contributed by atoms with Crippen LogP contribution in [0.4, 0.5) is 4.70 Å². The summed E-state index contributed by atoms with van der Waals surface area (Å²) in [7, 11) is 0.366. The molecule has 0 aliphatic heterocycles. The Balaban J connectivity index is -0.00000288. The zero-order valence-corrected chi connectivity index (χ0v) is 19.6. The third-order valence-corrected chi connectivity index (χ3v) is 8.33. The predicted octanol–water partition coefficient (Wildman–Crippen LogP) is 8.25. The summed E-state index contributed by atoms with van der Waals surface area (Å²) in [6.45, 7) is 6.96.